The van der Waals surface area contributed by atoms with Gasteiger partial charge in [-0.15, -0.1) is 0 Å². The topological polar surface area (TPSA) is 41.1 Å². The molecule has 2 aliphatic carbocycles. The van der Waals surface area contributed by atoms with Gasteiger partial charge in [-0.05, 0) is 42.7 Å². The van der Waals surface area contributed by atoms with E-state index in [1.165, 1.54) is 25.0 Å². The van der Waals surface area contributed by atoms with Crippen molar-refractivity contribution in [2.24, 2.45) is 5.41 Å². The highest BCUT2D eigenvalue weighted by Gasteiger charge is 2.53. The van der Waals surface area contributed by atoms with E-state index in [-0.39, 0.29) is 29.2 Å². The molecule has 0 bridgehead atoms. The summed E-state index contributed by atoms with van der Waals surface area (Å²) in [4.78, 5) is 11.8. The van der Waals surface area contributed by atoms with Crippen molar-refractivity contribution in [3.63, 3.8) is 0 Å². The number of carbonyl (C=O) groups excluding carboxylic acids is 1. The van der Waals surface area contributed by atoms with Crippen LogP contribution in [-0.4, -0.2) is 12.1 Å². The summed E-state index contributed by atoms with van der Waals surface area (Å²) in [7, 11) is 0. The highest BCUT2D eigenvalue weighted by atomic mass is 35.5. The molecule has 2 N–H and O–H groups in total. The van der Waals surface area contributed by atoms with Gasteiger partial charge >= 0.3 is 12.2 Å². The Kier molecular flexibility index (Phi) is 3.75. The molecule has 0 unspecified atom stereocenters. The lowest BCUT2D eigenvalue weighted by molar-refractivity contribution is -0.137. The van der Waals surface area contributed by atoms with Gasteiger partial charge in [0.25, 0.3) is 0 Å². The van der Waals surface area contributed by atoms with Gasteiger partial charge in [0.1, 0.15) is 0 Å². The number of alkyl halides is 3. The van der Waals surface area contributed by atoms with Gasteiger partial charge in [0, 0.05) is 12.6 Å². The second-order valence-electron chi connectivity index (χ2n) is 6.21. The van der Waals surface area contributed by atoms with E-state index < -0.39 is 11.7 Å². The van der Waals surface area contributed by atoms with Crippen LogP contribution in [0.5, 0.6) is 0 Å². The molecular weight excluding hydrogens is 317 g/mol. The molecule has 3 nitrogen and oxygen atoms in total. The largest absolute Gasteiger partial charge is 0.417 e. The lowest BCUT2D eigenvalue weighted by Crippen LogP contribution is -2.48. The highest BCUT2D eigenvalue weighted by Crippen LogP contribution is 2.60. The zero-order valence-electron chi connectivity index (χ0n) is 11.8. The van der Waals surface area contributed by atoms with Gasteiger partial charge in [0.2, 0.25) is 0 Å². The zero-order valence-corrected chi connectivity index (χ0v) is 12.5. The molecule has 0 atom stereocenters. The number of amides is 2. The minimum absolute atomic E-state index is 0.0353. The van der Waals surface area contributed by atoms with Crippen LogP contribution in [-0.2, 0) is 12.7 Å². The number of hydrogen-bond acceptors (Lipinski definition) is 1. The Bertz CT molecular complexity index is 591. The van der Waals surface area contributed by atoms with Crippen LogP contribution < -0.4 is 10.6 Å². The van der Waals surface area contributed by atoms with E-state index in [1.54, 1.807) is 0 Å². The van der Waals surface area contributed by atoms with Crippen LogP contribution >= 0.6 is 11.6 Å². The van der Waals surface area contributed by atoms with Gasteiger partial charge in [0.15, 0.2) is 0 Å². The minimum atomic E-state index is -4.50. The average Bonchev–Trinajstić information content (AvgIpc) is 3.16. The number of benzene rings is 1. The van der Waals surface area contributed by atoms with E-state index in [4.69, 9.17) is 11.6 Å². The molecule has 0 heterocycles. The molecule has 2 aliphatic rings. The molecule has 1 aromatic rings. The fraction of sp³-hybridized carbons (Fsp3) is 0.533. The fourth-order valence-electron chi connectivity index (χ4n) is 3.02. The lowest BCUT2D eigenvalue weighted by Gasteiger charge is -2.36. The van der Waals surface area contributed by atoms with Crippen LogP contribution in [0, 0.1) is 5.41 Å². The first-order valence-electron chi connectivity index (χ1n) is 7.18. The third kappa shape index (κ3) is 3.16. The molecule has 0 radical (unpaired) electrons. The molecule has 0 aromatic heterocycles. The Labute approximate surface area is 131 Å². The molecule has 2 amide bonds. The van der Waals surface area contributed by atoms with Gasteiger partial charge in [-0.3, -0.25) is 0 Å². The van der Waals surface area contributed by atoms with Crippen LogP contribution in [0.1, 0.15) is 36.8 Å². The number of urea groups is 1. The highest BCUT2D eigenvalue weighted by molar-refractivity contribution is 6.32. The van der Waals surface area contributed by atoms with E-state index >= 15 is 0 Å². The summed E-state index contributed by atoms with van der Waals surface area (Å²) in [6, 6.07) is 3.50. The molecular formula is C15H16ClF3N2O. The standard InChI is InChI=1S/C15H16ClF3N2O/c16-12-9(2-1-3-11(12)15(17,18)19)8-20-13(22)21-10-6-14(7-10)4-5-14/h1-3,10H,4-8H2,(H2,20,21,22). The van der Waals surface area contributed by atoms with Crippen LogP contribution in [0.25, 0.3) is 0 Å². The maximum atomic E-state index is 12.7. The van der Waals surface area contributed by atoms with E-state index in [0.717, 1.165) is 18.9 Å². The molecule has 7 heteroatoms. The van der Waals surface area contributed by atoms with E-state index in [2.05, 4.69) is 10.6 Å². The molecule has 0 saturated heterocycles. The summed E-state index contributed by atoms with van der Waals surface area (Å²) in [5, 5.41) is 5.03. The predicted molar refractivity (Wildman–Crippen MR) is 76.5 cm³/mol. The molecule has 120 valence electrons. The summed E-state index contributed by atoms with van der Waals surface area (Å²) >= 11 is 5.78. The van der Waals surface area contributed by atoms with Crippen LogP contribution in [0.4, 0.5) is 18.0 Å². The SMILES string of the molecule is O=C(NCc1cccc(C(F)(F)F)c1Cl)NC1CC2(CC2)C1. The molecule has 22 heavy (non-hydrogen) atoms. The Balaban J connectivity index is 1.53. The summed E-state index contributed by atoms with van der Waals surface area (Å²) < 4.78 is 38.2. The smallest absolute Gasteiger partial charge is 0.335 e. The van der Waals surface area contributed by atoms with Gasteiger partial charge in [-0.25, -0.2) is 4.79 Å². The number of carbonyl (C=O) groups is 1. The molecule has 1 spiro atoms. The number of hydrogen-bond donors (Lipinski definition) is 2. The molecule has 2 saturated carbocycles. The second kappa shape index (κ2) is 5.33. The second-order valence-corrected chi connectivity index (χ2v) is 6.59. The van der Waals surface area contributed by atoms with Gasteiger partial charge in [0.05, 0.1) is 10.6 Å². The van der Waals surface area contributed by atoms with Crippen molar-refractivity contribution in [3.05, 3.63) is 34.3 Å². The quantitative estimate of drug-likeness (QED) is 0.859. The zero-order chi connectivity index (χ0) is 16.0. The summed E-state index contributed by atoms with van der Waals surface area (Å²) in [6.07, 6.45) is -0.00534. The minimum Gasteiger partial charge on any atom is -0.335 e. The van der Waals surface area contributed by atoms with E-state index in [9.17, 15) is 18.0 Å². The molecule has 1 aromatic carbocycles. The Morgan fingerprint density at radius 2 is 2.00 bits per heavy atom. The summed E-state index contributed by atoms with van der Waals surface area (Å²) in [5.41, 5.74) is -0.148. The number of halogens is 4. The van der Waals surface area contributed by atoms with Crippen molar-refractivity contribution in [3.8, 4) is 0 Å². The maximum Gasteiger partial charge on any atom is 0.417 e. The van der Waals surface area contributed by atoms with Crippen molar-refractivity contribution in [2.75, 3.05) is 0 Å². The molecule has 2 fully saturated rings. The first kappa shape index (κ1) is 15.5. The van der Waals surface area contributed by atoms with Crippen molar-refractivity contribution >= 4 is 17.6 Å². The Morgan fingerprint density at radius 1 is 1.32 bits per heavy atom. The maximum absolute atomic E-state index is 12.7. The predicted octanol–water partition coefficient (Wildman–Crippen LogP) is 4.10. The van der Waals surface area contributed by atoms with Crippen LogP contribution in [0.2, 0.25) is 5.02 Å². The normalized spacial score (nSPS) is 19.6. The third-order valence-electron chi connectivity index (χ3n) is 4.47. The van der Waals surface area contributed by atoms with Crippen molar-refractivity contribution in [2.45, 2.75) is 44.4 Å². The third-order valence-corrected chi connectivity index (χ3v) is 4.92. The average molecular weight is 333 g/mol. The number of nitrogens with one attached hydrogen (secondary N) is 2. The van der Waals surface area contributed by atoms with Crippen LogP contribution in [0.15, 0.2) is 18.2 Å². The van der Waals surface area contributed by atoms with E-state index in [1.807, 2.05) is 0 Å². The van der Waals surface area contributed by atoms with Crippen molar-refractivity contribution in [1.29, 1.82) is 0 Å². The van der Waals surface area contributed by atoms with Crippen LogP contribution in [0.3, 0.4) is 0 Å². The lowest BCUT2D eigenvalue weighted by atomic mass is 9.77. The van der Waals surface area contributed by atoms with Crippen molar-refractivity contribution in [1.82, 2.24) is 10.6 Å². The Morgan fingerprint density at radius 3 is 2.59 bits per heavy atom. The monoisotopic (exact) mass is 332 g/mol. The van der Waals surface area contributed by atoms with E-state index in [0.29, 0.717) is 5.41 Å². The molecule has 0 aliphatic heterocycles. The first-order chi connectivity index (χ1) is 10.3. The molecule has 3 rings (SSSR count). The number of rotatable bonds is 3. The fourth-order valence-corrected chi connectivity index (χ4v) is 3.32. The van der Waals surface area contributed by atoms with Gasteiger partial charge in [-0.2, -0.15) is 13.2 Å². The van der Waals surface area contributed by atoms with Gasteiger partial charge in [-0.1, -0.05) is 23.7 Å². The summed E-state index contributed by atoms with van der Waals surface area (Å²) in [6.45, 7) is -0.0353. The Hall–Kier alpha value is -1.43. The van der Waals surface area contributed by atoms with Gasteiger partial charge < -0.3 is 10.6 Å². The summed E-state index contributed by atoms with van der Waals surface area (Å²) in [5.74, 6) is 0. The first-order valence-corrected chi connectivity index (χ1v) is 7.56. The van der Waals surface area contributed by atoms with Crippen molar-refractivity contribution < 1.29 is 18.0 Å².